The fraction of sp³-hybridized carbons (Fsp3) is 0.667. The maximum Gasteiger partial charge on any atom is 0.186 e. The number of nitrogens with one attached hydrogen (secondary N) is 2. The van der Waals surface area contributed by atoms with Gasteiger partial charge in [0.25, 0.3) is 0 Å². The second-order valence-electron chi connectivity index (χ2n) is 3.32. The number of likely N-dealkylation sites (N-methyl/N-ethyl adjacent to an activating group) is 1. The van der Waals surface area contributed by atoms with Gasteiger partial charge in [0.15, 0.2) is 4.80 Å². The molecule has 1 aliphatic rings. The number of fused-ring (bicyclic) bond motifs is 1. The quantitative estimate of drug-likeness (QED) is 0.781. The molecule has 0 saturated carbocycles. The van der Waals surface area contributed by atoms with Gasteiger partial charge >= 0.3 is 0 Å². The average molecular weight is 249 g/mol. The number of halogens is 1. The zero-order chi connectivity index (χ0) is 9.80. The van der Waals surface area contributed by atoms with E-state index in [1.54, 1.807) is 11.3 Å². The molecule has 0 bridgehead atoms. The van der Waals surface area contributed by atoms with Crippen LogP contribution in [-0.4, -0.2) is 31.2 Å². The summed E-state index contributed by atoms with van der Waals surface area (Å²) < 4.78 is 2.27. The van der Waals surface area contributed by atoms with E-state index < -0.39 is 0 Å². The van der Waals surface area contributed by atoms with Gasteiger partial charge in [0.1, 0.15) is 5.82 Å². The third-order valence-electron chi connectivity index (χ3n) is 2.27. The van der Waals surface area contributed by atoms with Crippen LogP contribution in [0.2, 0.25) is 0 Å². The Morgan fingerprint density at radius 1 is 1.67 bits per heavy atom. The summed E-state index contributed by atoms with van der Waals surface area (Å²) in [5, 5.41) is 8.62. The lowest BCUT2D eigenvalue weighted by Crippen LogP contribution is -2.25. The summed E-state index contributed by atoms with van der Waals surface area (Å²) in [5.74, 6) is 1.23. The molecule has 86 valence electrons. The molecule has 1 aromatic rings. The molecule has 0 radical (unpaired) electrons. The molecule has 2 heterocycles. The third-order valence-corrected chi connectivity index (χ3v) is 3.17. The smallest absolute Gasteiger partial charge is 0.186 e. The van der Waals surface area contributed by atoms with Crippen molar-refractivity contribution in [1.82, 2.24) is 9.88 Å². The summed E-state index contributed by atoms with van der Waals surface area (Å²) in [5.41, 5.74) is 0. The van der Waals surface area contributed by atoms with E-state index in [1.165, 1.54) is 12.2 Å². The number of anilines is 1. The Morgan fingerprint density at radius 3 is 3.33 bits per heavy atom. The Hall–Kier alpha value is -0.520. The Labute approximate surface area is 99.8 Å². The van der Waals surface area contributed by atoms with Crippen LogP contribution in [0, 0.1) is 0 Å². The van der Waals surface area contributed by atoms with Crippen LogP contribution in [0.5, 0.6) is 0 Å². The number of hydrogen-bond donors (Lipinski definition) is 2. The standard InChI is InChI=1S/C9H16N4S.ClH/c1-10-4-5-12-9-13-6-2-3-11-8(13)7-14-9;/h7,10-11H,2-6H2,1H3;1H. The summed E-state index contributed by atoms with van der Waals surface area (Å²) in [7, 11) is 1.95. The van der Waals surface area contributed by atoms with Gasteiger partial charge in [-0.05, 0) is 13.5 Å². The van der Waals surface area contributed by atoms with E-state index in [4.69, 9.17) is 0 Å². The first-order valence-corrected chi connectivity index (χ1v) is 5.87. The maximum absolute atomic E-state index is 4.55. The van der Waals surface area contributed by atoms with Crippen molar-refractivity contribution in [3.05, 3.63) is 10.2 Å². The highest BCUT2D eigenvalue weighted by atomic mass is 35.5. The van der Waals surface area contributed by atoms with Crippen LogP contribution in [0.1, 0.15) is 6.42 Å². The number of nitrogens with zero attached hydrogens (tertiary/aromatic N) is 2. The van der Waals surface area contributed by atoms with Crippen molar-refractivity contribution in [2.75, 3.05) is 32.0 Å². The molecule has 0 saturated heterocycles. The van der Waals surface area contributed by atoms with Crippen LogP contribution in [0.15, 0.2) is 10.4 Å². The molecule has 0 spiro atoms. The zero-order valence-corrected chi connectivity index (χ0v) is 10.5. The van der Waals surface area contributed by atoms with Crippen LogP contribution < -0.4 is 15.4 Å². The highest BCUT2D eigenvalue weighted by Gasteiger charge is 2.08. The molecule has 0 amide bonds. The van der Waals surface area contributed by atoms with Crippen molar-refractivity contribution in [2.45, 2.75) is 13.0 Å². The molecule has 0 unspecified atom stereocenters. The lowest BCUT2D eigenvalue weighted by molar-refractivity contribution is 0.609. The Morgan fingerprint density at radius 2 is 2.53 bits per heavy atom. The highest BCUT2D eigenvalue weighted by molar-refractivity contribution is 7.07. The summed E-state index contributed by atoms with van der Waals surface area (Å²) in [6.07, 6.45) is 1.20. The van der Waals surface area contributed by atoms with Gasteiger partial charge in [0.2, 0.25) is 0 Å². The largest absolute Gasteiger partial charge is 0.371 e. The van der Waals surface area contributed by atoms with E-state index in [1.807, 2.05) is 7.05 Å². The van der Waals surface area contributed by atoms with Gasteiger partial charge in [-0.25, -0.2) is 0 Å². The minimum Gasteiger partial charge on any atom is -0.371 e. The first-order chi connectivity index (χ1) is 6.92. The van der Waals surface area contributed by atoms with E-state index in [0.29, 0.717) is 0 Å². The molecule has 6 heteroatoms. The molecule has 0 aromatic carbocycles. The van der Waals surface area contributed by atoms with Crippen molar-refractivity contribution in [3.63, 3.8) is 0 Å². The summed E-state index contributed by atoms with van der Waals surface area (Å²) in [6, 6.07) is 0. The van der Waals surface area contributed by atoms with E-state index in [2.05, 4.69) is 25.6 Å². The highest BCUT2D eigenvalue weighted by Crippen LogP contribution is 2.13. The van der Waals surface area contributed by atoms with Crippen LogP contribution in [0.4, 0.5) is 5.82 Å². The normalized spacial score (nSPS) is 15.4. The number of thiazole rings is 1. The molecule has 2 rings (SSSR count). The lowest BCUT2D eigenvalue weighted by atomic mass is 10.3. The second-order valence-corrected chi connectivity index (χ2v) is 4.16. The fourth-order valence-electron chi connectivity index (χ4n) is 1.53. The van der Waals surface area contributed by atoms with Gasteiger partial charge in [-0.1, -0.05) is 0 Å². The molecule has 0 aliphatic carbocycles. The molecule has 15 heavy (non-hydrogen) atoms. The Balaban J connectivity index is 0.00000112. The molecule has 1 aromatic heterocycles. The summed E-state index contributed by atoms with van der Waals surface area (Å²) in [6.45, 7) is 3.99. The summed E-state index contributed by atoms with van der Waals surface area (Å²) >= 11 is 1.72. The van der Waals surface area contributed by atoms with Crippen LogP contribution >= 0.6 is 23.7 Å². The minimum absolute atomic E-state index is 0. The number of rotatable bonds is 3. The Kier molecular flexibility index (Phi) is 5.14. The van der Waals surface area contributed by atoms with Gasteiger partial charge in [-0.3, -0.25) is 4.99 Å². The van der Waals surface area contributed by atoms with Crippen molar-refractivity contribution < 1.29 is 0 Å². The predicted octanol–water partition coefficient (Wildman–Crippen LogP) is 0.907. The van der Waals surface area contributed by atoms with Crippen molar-refractivity contribution in [3.8, 4) is 0 Å². The lowest BCUT2D eigenvalue weighted by Gasteiger charge is -2.15. The molecule has 0 atom stereocenters. The zero-order valence-electron chi connectivity index (χ0n) is 8.82. The van der Waals surface area contributed by atoms with Gasteiger partial charge in [0, 0.05) is 25.0 Å². The van der Waals surface area contributed by atoms with E-state index in [-0.39, 0.29) is 12.4 Å². The van der Waals surface area contributed by atoms with Gasteiger partial charge in [-0.15, -0.1) is 23.7 Å². The average Bonchev–Trinajstić information content (AvgIpc) is 2.63. The molecule has 4 nitrogen and oxygen atoms in total. The van der Waals surface area contributed by atoms with Gasteiger partial charge in [-0.2, -0.15) is 0 Å². The van der Waals surface area contributed by atoms with E-state index in [9.17, 15) is 0 Å². The van der Waals surface area contributed by atoms with Gasteiger partial charge < -0.3 is 15.2 Å². The minimum atomic E-state index is 0. The molecular weight excluding hydrogens is 232 g/mol. The van der Waals surface area contributed by atoms with E-state index >= 15 is 0 Å². The van der Waals surface area contributed by atoms with Crippen molar-refractivity contribution in [2.24, 2.45) is 4.99 Å². The van der Waals surface area contributed by atoms with Crippen molar-refractivity contribution >= 4 is 29.6 Å². The molecule has 2 N–H and O–H groups in total. The summed E-state index contributed by atoms with van der Waals surface area (Å²) in [4.78, 5) is 5.69. The van der Waals surface area contributed by atoms with E-state index in [0.717, 1.165) is 31.0 Å². The predicted molar refractivity (Wildman–Crippen MR) is 67.0 cm³/mol. The third kappa shape index (κ3) is 2.96. The van der Waals surface area contributed by atoms with Crippen molar-refractivity contribution in [1.29, 1.82) is 0 Å². The van der Waals surface area contributed by atoms with Crippen LogP contribution in [0.25, 0.3) is 0 Å². The first kappa shape index (κ1) is 12.5. The van der Waals surface area contributed by atoms with Gasteiger partial charge in [0.05, 0.1) is 6.54 Å². The molecule has 0 fully saturated rings. The SMILES string of the molecule is CNCCN=c1scc2n1CCCN2.Cl. The second kappa shape index (κ2) is 6.15. The van der Waals surface area contributed by atoms with Crippen LogP contribution in [0.3, 0.4) is 0 Å². The first-order valence-electron chi connectivity index (χ1n) is 4.99. The van der Waals surface area contributed by atoms with Crippen LogP contribution in [-0.2, 0) is 6.54 Å². The molecular formula is C9H17ClN4S. The molecule has 1 aliphatic heterocycles. The fourth-order valence-corrected chi connectivity index (χ4v) is 2.44. The Bertz CT molecular complexity index is 357. The topological polar surface area (TPSA) is 41.4 Å². The number of hydrogen-bond acceptors (Lipinski definition) is 4. The number of aromatic nitrogens is 1. The maximum atomic E-state index is 4.55. The monoisotopic (exact) mass is 248 g/mol.